The lowest BCUT2D eigenvalue weighted by Gasteiger charge is -2.23. The van der Waals surface area contributed by atoms with Crippen molar-refractivity contribution >= 4 is 12.3 Å². The maximum atomic E-state index is 10.9. The molecular formula is C15H18O5. The number of aliphatic carboxylic acids is 1. The summed E-state index contributed by atoms with van der Waals surface area (Å²) in [6.07, 6.45) is 3.28. The van der Waals surface area contributed by atoms with Crippen molar-refractivity contribution in [3.8, 4) is 5.75 Å². The van der Waals surface area contributed by atoms with Crippen LogP contribution in [-0.4, -0.2) is 30.3 Å². The Balaban J connectivity index is 1.97. The van der Waals surface area contributed by atoms with E-state index in [2.05, 4.69) is 0 Å². The molecule has 0 aliphatic carbocycles. The second-order valence-electron chi connectivity index (χ2n) is 4.82. The minimum absolute atomic E-state index is 0.199. The number of carbonyl (C=O) groups is 2. The number of rotatable bonds is 6. The van der Waals surface area contributed by atoms with Crippen LogP contribution in [0.15, 0.2) is 24.3 Å². The SMILES string of the molecule is O=CC(CC(=O)O)c1ccc(OC2CCCCO2)cc1. The van der Waals surface area contributed by atoms with Crippen molar-refractivity contribution in [2.24, 2.45) is 0 Å². The highest BCUT2D eigenvalue weighted by molar-refractivity contribution is 5.75. The minimum atomic E-state index is -0.988. The highest BCUT2D eigenvalue weighted by Crippen LogP contribution is 2.23. The van der Waals surface area contributed by atoms with Crippen LogP contribution in [0, 0.1) is 0 Å². The van der Waals surface area contributed by atoms with Crippen LogP contribution in [0.2, 0.25) is 0 Å². The Kier molecular flexibility index (Phi) is 5.12. The van der Waals surface area contributed by atoms with Gasteiger partial charge in [0.15, 0.2) is 6.29 Å². The fourth-order valence-corrected chi connectivity index (χ4v) is 2.18. The van der Waals surface area contributed by atoms with Crippen LogP contribution >= 0.6 is 0 Å². The van der Waals surface area contributed by atoms with E-state index in [0.717, 1.165) is 19.3 Å². The van der Waals surface area contributed by atoms with E-state index >= 15 is 0 Å². The lowest BCUT2D eigenvalue weighted by molar-refractivity contribution is -0.138. The van der Waals surface area contributed by atoms with Crippen LogP contribution in [0.25, 0.3) is 0 Å². The van der Waals surface area contributed by atoms with E-state index in [-0.39, 0.29) is 12.7 Å². The molecule has 1 saturated heterocycles. The molecule has 2 atom stereocenters. The number of carboxylic acids is 1. The van der Waals surface area contributed by atoms with Gasteiger partial charge in [-0.2, -0.15) is 0 Å². The van der Waals surface area contributed by atoms with Crippen molar-refractivity contribution in [1.29, 1.82) is 0 Å². The molecule has 1 N–H and O–H groups in total. The molecule has 1 fully saturated rings. The molecule has 5 heteroatoms. The fourth-order valence-electron chi connectivity index (χ4n) is 2.18. The van der Waals surface area contributed by atoms with Crippen LogP contribution in [0.4, 0.5) is 0 Å². The Bertz CT molecular complexity index is 448. The molecule has 0 spiro atoms. The number of carboxylic acid groups (broad SMARTS) is 1. The standard InChI is InChI=1S/C15H18O5/c16-10-12(9-14(17)18)11-4-6-13(7-5-11)20-15-3-1-2-8-19-15/h4-7,10,12,15H,1-3,8-9H2,(H,17,18). The lowest BCUT2D eigenvalue weighted by atomic mass is 9.97. The van der Waals surface area contributed by atoms with Gasteiger partial charge in [0, 0.05) is 6.42 Å². The third kappa shape index (κ3) is 4.06. The molecule has 20 heavy (non-hydrogen) atoms. The van der Waals surface area contributed by atoms with Gasteiger partial charge in [-0.15, -0.1) is 0 Å². The summed E-state index contributed by atoms with van der Waals surface area (Å²) in [5.74, 6) is -0.939. The smallest absolute Gasteiger partial charge is 0.304 e. The summed E-state index contributed by atoms with van der Waals surface area (Å²) >= 11 is 0. The van der Waals surface area contributed by atoms with E-state index < -0.39 is 11.9 Å². The van der Waals surface area contributed by atoms with Gasteiger partial charge in [-0.05, 0) is 30.5 Å². The number of benzene rings is 1. The van der Waals surface area contributed by atoms with Gasteiger partial charge in [0.2, 0.25) is 0 Å². The first-order chi connectivity index (χ1) is 9.69. The fraction of sp³-hybridized carbons (Fsp3) is 0.467. The molecule has 5 nitrogen and oxygen atoms in total. The summed E-state index contributed by atoms with van der Waals surface area (Å²) in [5, 5.41) is 8.75. The van der Waals surface area contributed by atoms with Crippen molar-refractivity contribution in [3.63, 3.8) is 0 Å². The molecule has 1 aromatic rings. The van der Waals surface area contributed by atoms with Crippen LogP contribution in [0.5, 0.6) is 5.75 Å². The Morgan fingerprint density at radius 3 is 2.70 bits per heavy atom. The third-order valence-electron chi connectivity index (χ3n) is 3.27. The van der Waals surface area contributed by atoms with Crippen molar-refractivity contribution in [3.05, 3.63) is 29.8 Å². The van der Waals surface area contributed by atoms with Crippen LogP contribution in [0.3, 0.4) is 0 Å². The molecule has 2 rings (SSSR count). The summed E-state index contributed by atoms with van der Waals surface area (Å²) in [6, 6.07) is 6.93. The summed E-state index contributed by atoms with van der Waals surface area (Å²) in [5.41, 5.74) is 0.680. The normalized spacial score (nSPS) is 20.1. The molecule has 0 saturated carbocycles. The number of carbonyl (C=O) groups excluding carboxylic acids is 1. The number of hydrogen-bond donors (Lipinski definition) is 1. The average molecular weight is 278 g/mol. The summed E-state index contributed by atoms with van der Waals surface area (Å²) in [4.78, 5) is 21.6. The minimum Gasteiger partial charge on any atom is -0.481 e. The molecule has 2 unspecified atom stereocenters. The van der Waals surface area contributed by atoms with Crippen molar-refractivity contribution < 1.29 is 24.2 Å². The molecule has 0 amide bonds. The quantitative estimate of drug-likeness (QED) is 0.809. The number of hydrogen-bond acceptors (Lipinski definition) is 4. The first kappa shape index (κ1) is 14.5. The maximum Gasteiger partial charge on any atom is 0.304 e. The van der Waals surface area contributed by atoms with Gasteiger partial charge in [0.05, 0.1) is 18.9 Å². The number of aldehydes is 1. The highest BCUT2D eigenvalue weighted by atomic mass is 16.7. The topological polar surface area (TPSA) is 72.8 Å². The predicted molar refractivity (Wildman–Crippen MR) is 71.7 cm³/mol. The predicted octanol–water partition coefficient (Wildman–Crippen LogP) is 2.35. The van der Waals surface area contributed by atoms with Gasteiger partial charge in [0.25, 0.3) is 0 Å². The van der Waals surface area contributed by atoms with Crippen LogP contribution in [-0.2, 0) is 14.3 Å². The zero-order valence-corrected chi connectivity index (χ0v) is 11.2. The molecule has 1 aliphatic heterocycles. The van der Waals surface area contributed by atoms with Crippen molar-refractivity contribution in [1.82, 2.24) is 0 Å². The molecular weight excluding hydrogens is 260 g/mol. The van der Waals surface area contributed by atoms with E-state index in [1.807, 2.05) is 0 Å². The molecule has 0 aromatic heterocycles. The van der Waals surface area contributed by atoms with Crippen LogP contribution < -0.4 is 4.74 Å². The summed E-state index contributed by atoms with van der Waals surface area (Å²) in [6.45, 7) is 0.717. The second kappa shape index (κ2) is 7.05. The van der Waals surface area contributed by atoms with Gasteiger partial charge in [-0.25, -0.2) is 0 Å². The van der Waals surface area contributed by atoms with Crippen molar-refractivity contribution in [2.45, 2.75) is 37.9 Å². The average Bonchev–Trinajstić information content (AvgIpc) is 2.46. The van der Waals surface area contributed by atoms with E-state index in [4.69, 9.17) is 14.6 Å². The molecule has 1 aromatic carbocycles. The Morgan fingerprint density at radius 2 is 2.15 bits per heavy atom. The summed E-state index contributed by atoms with van der Waals surface area (Å²) in [7, 11) is 0. The second-order valence-corrected chi connectivity index (χ2v) is 4.82. The Hall–Kier alpha value is -1.88. The van der Waals surface area contributed by atoms with E-state index in [1.54, 1.807) is 24.3 Å². The highest BCUT2D eigenvalue weighted by Gasteiger charge is 2.17. The summed E-state index contributed by atoms with van der Waals surface area (Å²) < 4.78 is 11.2. The van der Waals surface area contributed by atoms with E-state index in [0.29, 0.717) is 24.2 Å². The lowest BCUT2D eigenvalue weighted by Crippen LogP contribution is -2.24. The monoisotopic (exact) mass is 278 g/mol. The van der Waals surface area contributed by atoms with Gasteiger partial charge < -0.3 is 19.4 Å². The number of ether oxygens (including phenoxy) is 2. The zero-order chi connectivity index (χ0) is 14.4. The molecule has 0 bridgehead atoms. The maximum absolute atomic E-state index is 10.9. The Morgan fingerprint density at radius 1 is 1.40 bits per heavy atom. The Labute approximate surface area is 117 Å². The molecule has 0 radical (unpaired) electrons. The largest absolute Gasteiger partial charge is 0.481 e. The van der Waals surface area contributed by atoms with E-state index in [1.165, 1.54) is 0 Å². The van der Waals surface area contributed by atoms with E-state index in [9.17, 15) is 9.59 Å². The molecule has 1 heterocycles. The van der Waals surface area contributed by atoms with Gasteiger partial charge in [0.1, 0.15) is 12.0 Å². The van der Waals surface area contributed by atoms with Crippen LogP contribution in [0.1, 0.15) is 37.2 Å². The first-order valence-electron chi connectivity index (χ1n) is 6.74. The van der Waals surface area contributed by atoms with Gasteiger partial charge >= 0.3 is 5.97 Å². The van der Waals surface area contributed by atoms with Gasteiger partial charge in [-0.3, -0.25) is 4.79 Å². The van der Waals surface area contributed by atoms with Gasteiger partial charge in [-0.1, -0.05) is 12.1 Å². The first-order valence-corrected chi connectivity index (χ1v) is 6.74. The molecule has 108 valence electrons. The zero-order valence-electron chi connectivity index (χ0n) is 11.2. The third-order valence-corrected chi connectivity index (χ3v) is 3.27. The van der Waals surface area contributed by atoms with Crippen molar-refractivity contribution in [2.75, 3.05) is 6.61 Å². The molecule has 1 aliphatic rings.